The maximum Gasteiger partial charge on any atom is 0.163 e. The van der Waals surface area contributed by atoms with Crippen molar-refractivity contribution in [1.82, 2.24) is 0 Å². The number of hydrogen-bond acceptors (Lipinski definition) is 2. The lowest BCUT2D eigenvalue weighted by Gasteiger charge is -2.27. The van der Waals surface area contributed by atoms with Crippen LogP contribution in [0.1, 0.15) is 40.5 Å². The number of methoxy groups -OCH3 is 1. The fraction of sp³-hybridized carbons (Fsp3) is 0.667. The number of carbonyl (C=O) groups excluding carboxylic acids is 1. The van der Waals surface area contributed by atoms with Gasteiger partial charge >= 0.3 is 0 Å². The minimum Gasteiger partial charge on any atom is -0.373 e. The molecule has 0 saturated carbocycles. The summed E-state index contributed by atoms with van der Waals surface area (Å²) in [6.07, 6.45) is 7.57. The van der Waals surface area contributed by atoms with E-state index in [1.54, 1.807) is 7.11 Å². The Bertz CT molecular complexity index is 331. The molecule has 0 radical (unpaired) electrons. The van der Waals surface area contributed by atoms with Gasteiger partial charge in [-0.2, -0.15) is 0 Å². The lowest BCUT2D eigenvalue weighted by Crippen LogP contribution is -2.34. The Labute approximate surface area is 105 Å². The van der Waals surface area contributed by atoms with Crippen LogP contribution in [0.25, 0.3) is 0 Å². The van der Waals surface area contributed by atoms with Gasteiger partial charge in [-0.25, -0.2) is 0 Å². The lowest BCUT2D eigenvalue weighted by molar-refractivity contribution is -0.132. The van der Waals surface area contributed by atoms with Crippen molar-refractivity contribution in [1.29, 1.82) is 0 Å². The van der Waals surface area contributed by atoms with Crippen LogP contribution >= 0.6 is 0 Å². The van der Waals surface area contributed by atoms with Crippen LogP contribution in [0.3, 0.4) is 0 Å². The smallest absolute Gasteiger partial charge is 0.163 e. The Morgan fingerprint density at radius 3 is 2.65 bits per heavy atom. The summed E-state index contributed by atoms with van der Waals surface area (Å²) in [5.74, 6) is 0.313. The van der Waals surface area contributed by atoms with Gasteiger partial charge in [-0.3, -0.25) is 4.79 Å². The van der Waals surface area contributed by atoms with Gasteiger partial charge in [0.1, 0.15) is 6.10 Å². The van der Waals surface area contributed by atoms with Crippen LogP contribution in [0.2, 0.25) is 0 Å². The van der Waals surface area contributed by atoms with Crippen molar-refractivity contribution in [3.05, 3.63) is 23.8 Å². The SMILES string of the molecule is COC(C(=O)CC(C)(C)C)C1C=CCC=C1C. The molecule has 0 spiro atoms. The molecule has 2 nitrogen and oxygen atoms in total. The van der Waals surface area contributed by atoms with E-state index in [4.69, 9.17) is 4.74 Å². The van der Waals surface area contributed by atoms with Crippen LogP contribution in [0.15, 0.2) is 23.8 Å². The van der Waals surface area contributed by atoms with Crippen molar-refractivity contribution < 1.29 is 9.53 Å². The second-order valence-corrected chi connectivity index (χ2v) is 6.00. The summed E-state index contributed by atoms with van der Waals surface area (Å²) >= 11 is 0. The molecule has 0 aromatic heterocycles. The summed E-state index contributed by atoms with van der Waals surface area (Å²) in [5, 5.41) is 0. The van der Waals surface area contributed by atoms with E-state index >= 15 is 0 Å². The van der Waals surface area contributed by atoms with Crippen LogP contribution in [-0.2, 0) is 9.53 Å². The first-order valence-electron chi connectivity index (χ1n) is 6.24. The molecule has 1 aliphatic carbocycles. The third kappa shape index (κ3) is 4.12. The van der Waals surface area contributed by atoms with E-state index in [0.717, 1.165) is 6.42 Å². The van der Waals surface area contributed by atoms with E-state index in [9.17, 15) is 4.79 Å². The highest BCUT2D eigenvalue weighted by Gasteiger charge is 2.30. The number of ketones is 1. The van der Waals surface area contributed by atoms with Crippen LogP contribution in [0.5, 0.6) is 0 Å². The summed E-state index contributed by atoms with van der Waals surface area (Å²) in [7, 11) is 1.63. The predicted molar refractivity (Wildman–Crippen MR) is 70.9 cm³/mol. The zero-order chi connectivity index (χ0) is 13.1. The summed E-state index contributed by atoms with van der Waals surface area (Å²) in [6.45, 7) is 8.32. The first-order chi connectivity index (χ1) is 7.85. The Morgan fingerprint density at radius 2 is 2.18 bits per heavy atom. The zero-order valence-electron chi connectivity index (χ0n) is 11.6. The molecule has 0 amide bonds. The van der Waals surface area contributed by atoms with Crippen LogP contribution in [0.4, 0.5) is 0 Å². The fourth-order valence-corrected chi connectivity index (χ4v) is 2.21. The molecule has 0 aliphatic heterocycles. The average Bonchev–Trinajstić information content (AvgIpc) is 2.19. The lowest BCUT2D eigenvalue weighted by atomic mass is 9.82. The van der Waals surface area contributed by atoms with Gasteiger partial charge < -0.3 is 4.74 Å². The topological polar surface area (TPSA) is 26.3 Å². The molecule has 0 aromatic rings. The maximum atomic E-state index is 12.2. The van der Waals surface area contributed by atoms with E-state index in [1.807, 2.05) is 0 Å². The number of rotatable bonds is 4. The van der Waals surface area contributed by atoms with Gasteiger partial charge in [-0.15, -0.1) is 0 Å². The van der Waals surface area contributed by atoms with Gasteiger partial charge in [0, 0.05) is 19.4 Å². The van der Waals surface area contributed by atoms with Crippen molar-refractivity contribution in [2.75, 3.05) is 7.11 Å². The highest BCUT2D eigenvalue weighted by Crippen LogP contribution is 2.28. The van der Waals surface area contributed by atoms with E-state index in [2.05, 4.69) is 45.9 Å². The third-order valence-electron chi connectivity index (χ3n) is 3.05. The number of hydrogen-bond donors (Lipinski definition) is 0. The molecule has 0 heterocycles. The number of carbonyl (C=O) groups is 1. The van der Waals surface area contributed by atoms with Crippen molar-refractivity contribution in [2.24, 2.45) is 11.3 Å². The second-order valence-electron chi connectivity index (χ2n) is 6.00. The van der Waals surface area contributed by atoms with E-state index in [1.165, 1.54) is 5.57 Å². The molecule has 0 aromatic carbocycles. The molecule has 0 N–H and O–H groups in total. The number of allylic oxidation sites excluding steroid dienone is 2. The predicted octanol–water partition coefficient (Wildman–Crippen LogP) is 3.53. The largest absolute Gasteiger partial charge is 0.373 e. The highest BCUT2D eigenvalue weighted by atomic mass is 16.5. The summed E-state index contributed by atoms with van der Waals surface area (Å²) in [4.78, 5) is 12.2. The molecule has 0 saturated heterocycles. The van der Waals surface area contributed by atoms with Crippen LogP contribution in [0, 0.1) is 11.3 Å². The first kappa shape index (κ1) is 14.2. The average molecular weight is 236 g/mol. The molecule has 96 valence electrons. The molecule has 0 bridgehead atoms. The van der Waals surface area contributed by atoms with Gasteiger partial charge in [0.05, 0.1) is 0 Å². The Balaban J connectivity index is 2.77. The maximum absolute atomic E-state index is 12.2. The summed E-state index contributed by atoms with van der Waals surface area (Å²) in [6, 6.07) is 0. The number of ether oxygens (including phenoxy) is 1. The molecule has 17 heavy (non-hydrogen) atoms. The second kappa shape index (κ2) is 5.63. The minimum atomic E-state index is -0.331. The molecule has 2 atom stereocenters. The van der Waals surface area contributed by atoms with Crippen molar-refractivity contribution in [3.8, 4) is 0 Å². The Morgan fingerprint density at radius 1 is 1.53 bits per heavy atom. The van der Waals surface area contributed by atoms with Crippen molar-refractivity contribution in [3.63, 3.8) is 0 Å². The normalized spacial score (nSPS) is 22.2. The van der Waals surface area contributed by atoms with E-state index in [-0.39, 0.29) is 23.2 Å². The van der Waals surface area contributed by atoms with E-state index in [0.29, 0.717) is 6.42 Å². The van der Waals surface area contributed by atoms with Gasteiger partial charge in [0.15, 0.2) is 5.78 Å². The standard InChI is InChI=1S/C15H24O2/c1-11-8-6-7-9-12(11)14(17-5)13(16)10-15(2,3)4/h7-9,12,14H,6,10H2,1-5H3. The minimum absolute atomic E-state index is 0.0177. The van der Waals surface area contributed by atoms with E-state index < -0.39 is 0 Å². The zero-order valence-corrected chi connectivity index (χ0v) is 11.6. The Kier molecular flexibility index (Phi) is 4.70. The van der Waals surface area contributed by atoms with Crippen molar-refractivity contribution in [2.45, 2.75) is 46.6 Å². The third-order valence-corrected chi connectivity index (χ3v) is 3.05. The van der Waals surface area contributed by atoms with Crippen LogP contribution < -0.4 is 0 Å². The van der Waals surface area contributed by atoms with Gasteiger partial charge in [-0.1, -0.05) is 44.6 Å². The van der Waals surface area contributed by atoms with Gasteiger partial charge in [-0.05, 0) is 18.8 Å². The molecular formula is C15H24O2. The molecule has 1 aliphatic rings. The molecule has 0 fully saturated rings. The van der Waals surface area contributed by atoms with Crippen molar-refractivity contribution >= 4 is 5.78 Å². The fourth-order valence-electron chi connectivity index (χ4n) is 2.21. The van der Waals surface area contributed by atoms with Gasteiger partial charge in [0.25, 0.3) is 0 Å². The quantitative estimate of drug-likeness (QED) is 0.698. The highest BCUT2D eigenvalue weighted by molar-refractivity contribution is 5.84. The molecule has 2 heteroatoms. The molecule has 1 rings (SSSR count). The summed E-state index contributed by atoms with van der Waals surface area (Å²) in [5.41, 5.74) is 1.26. The summed E-state index contributed by atoms with van der Waals surface area (Å²) < 4.78 is 5.43. The molecular weight excluding hydrogens is 212 g/mol. The van der Waals surface area contributed by atoms with Gasteiger partial charge in [0.2, 0.25) is 0 Å². The number of Topliss-reactive ketones (excluding diaryl/α,β-unsaturated/α-hetero) is 1. The monoisotopic (exact) mass is 236 g/mol. The molecule has 2 unspecified atom stereocenters. The van der Waals surface area contributed by atoms with Crippen LogP contribution in [-0.4, -0.2) is 19.0 Å². The Hall–Kier alpha value is -0.890. The first-order valence-corrected chi connectivity index (χ1v) is 6.24.